The number of aliphatic carboxylic acids is 3. The summed E-state index contributed by atoms with van der Waals surface area (Å²) in [6.45, 7) is 7.08. The minimum absolute atomic E-state index is 0.788. The van der Waals surface area contributed by atoms with E-state index in [-0.39, 0.29) is 0 Å². The molecule has 2 atom stereocenters. The summed E-state index contributed by atoms with van der Waals surface area (Å²) < 4.78 is 95.2. The lowest BCUT2D eigenvalue weighted by Gasteiger charge is -2.25. The fraction of sp³-hybridized carbons (Fsp3) is 0.652. The lowest BCUT2D eigenvalue weighted by molar-refractivity contribution is -0.193. The number of alkyl halides is 9. The monoisotopic (exact) mass is 613 g/mol. The van der Waals surface area contributed by atoms with Gasteiger partial charge in [-0.25, -0.2) is 14.4 Å². The second kappa shape index (κ2) is 14.7. The third-order valence-electron chi connectivity index (χ3n) is 6.03. The number of hydrogen-bond acceptors (Lipinski definition) is 6. The Bertz CT molecular complexity index is 972. The van der Waals surface area contributed by atoms with Crippen molar-refractivity contribution in [2.45, 2.75) is 69.8 Å². The van der Waals surface area contributed by atoms with Gasteiger partial charge in [0.25, 0.3) is 0 Å². The normalized spacial score (nSPS) is 20.8. The fourth-order valence-electron chi connectivity index (χ4n) is 4.12. The maximum absolute atomic E-state index is 10.6. The minimum Gasteiger partial charge on any atom is -0.475 e. The minimum atomic E-state index is -5.08. The first kappa shape index (κ1) is 35.9. The molecule has 1 saturated carbocycles. The van der Waals surface area contributed by atoms with E-state index in [1.165, 1.54) is 51.0 Å². The van der Waals surface area contributed by atoms with Crippen LogP contribution >= 0.6 is 0 Å². The van der Waals surface area contributed by atoms with E-state index in [0.29, 0.717) is 0 Å². The van der Waals surface area contributed by atoms with Crippen molar-refractivity contribution >= 4 is 17.9 Å². The molecule has 0 amide bonds. The largest absolute Gasteiger partial charge is 0.490 e. The van der Waals surface area contributed by atoms with Crippen molar-refractivity contribution in [2.75, 3.05) is 19.6 Å². The predicted molar refractivity (Wildman–Crippen MR) is 122 cm³/mol. The molecule has 2 saturated heterocycles. The number of nitrogens with zero attached hydrogens (tertiary/aromatic N) is 3. The first-order valence-electron chi connectivity index (χ1n) is 11.9. The highest BCUT2D eigenvalue weighted by Gasteiger charge is 2.43. The number of pyridine rings is 1. The standard InChI is InChI=1S/C17H25N3.3C2HF3O2/c1-13-3-2-4-15(18-13)12-20-10-8-16-17(20)7-9-19(16)11-14-5-6-14;3*3-2(4,5)1(6)7/h2-4,14,16-17H,5-12H2,1H3;3*(H,6,7)/t16-,17+;;;/m1.../s1. The summed E-state index contributed by atoms with van der Waals surface area (Å²) in [4.78, 5) is 36.8. The van der Waals surface area contributed by atoms with E-state index < -0.39 is 36.4 Å². The highest BCUT2D eigenvalue weighted by Crippen LogP contribution is 2.37. The second-order valence-corrected chi connectivity index (χ2v) is 9.30. The van der Waals surface area contributed by atoms with Crippen LogP contribution in [0.2, 0.25) is 0 Å². The van der Waals surface area contributed by atoms with Gasteiger partial charge in [-0.15, -0.1) is 0 Å². The van der Waals surface area contributed by atoms with Crippen LogP contribution in [0, 0.1) is 12.8 Å². The zero-order valence-electron chi connectivity index (χ0n) is 21.4. The van der Waals surface area contributed by atoms with Crippen molar-refractivity contribution in [3.63, 3.8) is 0 Å². The van der Waals surface area contributed by atoms with Gasteiger partial charge in [-0.2, -0.15) is 39.5 Å². The quantitative estimate of drug-likeness (QED) is 0.425. The van der Waals surface area contributed by atoms with Crippen molar-refractivity contribution in [3.05, 3.63) is 29.6 Å². The van der Waals surface area contributed by atoms with Gasteiger partial charge < -0.3 is 15.3 Å². The maximum Gasteiger partial charge on any atom is 0.490 e. The van der Waals surface area contributed by atoms with Gasteiger partial charge in [-0.05, 0) is 50.7 Å². The highest BCUT2D eigenvalue weighted by atomic mass is 19.4. The molecule has 2 aliphatic heterocycles. The number of halogens is 9. The summed E-state index contributed by atoms with van der Waals surface area (Å²) in [5.74, 6) is -7.24. The van der Waals surface area contributed by atoms with Gasteiger partial charge in [0, 0.05) is 44.0 Å². The Morgan fingerprint density at radius 3 is 1.51 bits per heavy atom. The van der Waals surface area contributed by atoms with E-state index in [4.69, 9.17) is 29.7 Å². The summed E-state index contributed by atoms with van der Waals surface area (Å²) in [5.41, 5.74) is 2.38. The number of aromatic nitrogens is 1. The van der Waals surface area contributed by atoms with E-state index in [1.807, 2.05) is 0 Å². The Kier molecular flexibility index (Phi) is 12.8. The van der Waals surface area contributed by atoms with Crippen molar-refractivity contribution < 1.29 is 69.2 Å². The average molecular weight is 613 g/mol. The van der Waals surface area contributed by atoms with Crippen LogP contribution in [0.4, 0.5) is 39.5 Å². The van der Waals surface area contributed by atoms with Gasteiger partial charge in [-0.1, -0.05) is 6.07 Å². The number of hydrogen-bond donors (Lipinski definition) is 3. The van der Waals surface area contributed by atoms with Crippen LogP contribution in [0.1, 0.15) is 37.1 Å². The molecular weight excluding hydrogens is 585 g/mol. The maximum atomic E-state index is 10.6. The summed E-state index contributed by atoms with van der Waals surface area (Å²) in [5, 5.41) is 21.4. The van der Waals surface area contributed by atoms with Crippen LogP contribution in [0.15, 0.2) is 18.2 Å². The molecule has 3 heterocycles. The van der Waals surface area contributed by atoms with E-state index in [0.717, 1.165) is 30.2 Å². The van der Waals surface area contributed by atoms with E-state index in [1.54, 1.807) is 0 Å². The first-order valence-corrected chi connectivity index (χ1v) is 11.9. The van der Waals surface area contributed by atoms with Crippen LogP contribution in [-0.4, -0.2) is 98.3 Å². The number of carboxylic acid groups (broad SMARTS) is 3. The lowest BCUT2D eigenvalue weighted by Crippen LogP contribution is -2.37. The van der Waals surface area contributed by atoms with Crippen LogP contribution in [0.5, 0.6) is 0 Å². The highest BCUT2D eigenvalue weighted by molar-refractivity contribution is 5.73. The van der Waals surface area contributed by atoms with Crippen molar-refractivity contribution in [2.24, 2.45) is 5.92 Å². The SMILES string of the molecule is Cc1cccc(CN2CC[C@@H]3[C@@H]2CCN3CC2CC2)n1.O=C(O)C(F)(F)F.O=C(O)C(F)(F)F.O=C(O)C(F)(F)F. The second-order valence-electron chi connectivity index (χ2n) is 9.30. The number of rotatable bonds is 4. The predicted octanol–water partition coefficient (Wildman–Crippen LogP) is 4.35. The molecule has 0 unspecified atom stereocenters. The van der Waals surface area contributed by atoms with Crippen LogP contribution in [0.3, 0.4) is 0 Å². The Morgan fingerprint density at radius 1 is 0.756 bits per heavy atom. The lowest BCUT2D eigenvalue weighted by atomic mass is 10.1. The van der Waals surface area contributed by atoms with Crippen LogP contribution in [0.25, 0.3) is 0 Å². The topological polar surface area (TPSA) is 131 Å². The molecule has 1 aromatic heterocycles. The molecule has 0 radical (unpaired) electrons. The molecule has 1 aliphatic carbocycles. The zero-order valence-corrected chi connectivity index (χ0v) is 21.4. The molecule has 1 aromatic rings. The van der Waals surface area contributed by atoms with Gasteiger partial charge in [0.2, 0.25) is 0 Å². The third-order valence-corrected chi connectivity index (χ3v) is 6.03. The van der Waals surface area contributed by atoms with Crippen molar-refractivity contribution in [1.29, 1.82) is 0 Å². The number of likely N-dealkylation sites (tertiary alicyclic amines) is 2. The van der Waals surface area contributed by atoms with Crippen molar-refractivity contribution in [1.82, 2.24) is 14.8 Å². The summed E-state index contributed by atoms with van der Waals surface area (Å²) in [7, 11) is 0. The van der Waals surface area contributed by atoms with E-state index in [9.17, 15) is 39.5 Å². The number of fused-ring (bicyclic) bond motifs is 1. The number of carboxylic acids is 3. The molecule has 18 heteroatoms. The molecule has 0 bridgehead atoms. The molecular formula is C23H28F9N3O6. The average Bonchev–Trinajstić information content (AvgIpc) is 3.41. The van der Waals surface area contributed by atoms with Gasteiger partial charge in [0.15, 0.2) is 0 Å². The molecule has 234 valence electrons. The first-order chi connectivity index (χ1) is 18.6. The Labute approximate surface area is 227 Å². The molecule has 4 rings (SSSR count). The Morgan fingerprint density at radius 2 is 1.15 bits per heavy atom. The zero-order chi connectivity index (χ0) is 31.8. The number of carbonyl (C=O) groups is 3. The van der Waals surface area contributed by atoms with Gasteiger partial charge >= 0.3 is 36.4 Å². The number of aryl methyl sites for hydroxylation is 1. The summed E-state index contributed by atoms with van der Waals surface area (Å²) in [6.07, 6.45) is -9.57. The molecule has 3 fully saturated rings. The third kappa shape index (κ3) is 13.4. The molecule has 3 aliphatic rings. The van der Waals surface area contributed by atoms with Crippen LogP contribution < -0.4 is 0 Å². The summed E-state index contributed by atoms with van der Waals surface area (Å²) in [6, 6.07) is 8.02. The summed E-state index contributed by atoms with van der Waals surface area (Å²) >= 11 is 0. The Balaban J connectivity index is 0.000000333. The van der Waals surface area contributed by atoms with Crippen molar-refractivity contribution in [3.8, 4) is 0 Å². The fourth-order valence-corrected chi connectivity index (χ4v) is 4.12. The van der Waals surface area contributed by atoms with Gasteiger partial charge in [0.1, 0.15) is 0 Å². The van der Waals surface area contributed by atoms with Crippen LogP contribution in [-0.2, 0) is 20.9 Å². The molecule has 3 N–H and O–H groups in total. The molecule has 9 nitrogen and oxygen atoms in total. The van der Waals surface area contributed by atoms with E-state index >= 15 is 0 Å². The van der Waals surface area contributed by atoms with Gasteiger partial charge in [0.05, 0.1) is 5.69 Å². The Hall–Kier alpha value is -3.15. The molecule has 41 heavy (non-hydrogen) atoms. The van der Waals surface area contributed by atoms with E-state index in [2.05, 4.69) is 39.9 Å². The van der Waals surface area contributed by atoms with Gasteiger partial charge in [-0.3, -0.25) is 14.8 Å². The smallest absolute Gasteiger partial charge is 0.475 e. The molecule has 0 aromatic carbocycles. The molecule has 0 spiro atoms.